The molecule has 3 aromatic rings. The van der Waals surface area contributed by atoms with Crippen molar-refractivity contribution in [2.24, 2.45) is 0 Å². The molecule has 0 saturated carbocycles. The molecular formula is C15H14N4. The van der Waals surface area contributed by atoms with Crippen molar-refractivity contribution in [1.29, 1.82) is 0 Å². The highest BCUT2D eigenvalue weighted by molar-refractivity contribution is 5.88. The van der Waals surface area contributed by atoms with Crippen LogP contribution in [0.2, 0.25) is 0 Å². The molecule has 0 aliphatic carbocycles. The Balaban J connectivity index is 2.33. The molecule has 0 radical (unpaired) electrons. The zero-order valence-corrected chi connectivity index (χ0v) is 10.5. The smallest absolute Gasteiger partial charge is 0.151 e. The number of nitrogen functional groups attached to an aromatic ring is 1. The van der Waals surface area contributed by atoms with Crippen LogP contribution in [0.1, 0.15) is 5.69 Å². The molecule has 0 atom stereocenters. The predicted octanol–water partition coefficient (Wildman–Crippen LogP) is 2.71. The minimum Gasteiger partial charge on any atom is -0.382 e. The van der Waals surface area contributed by atoms with Crippen molar-refractivity contribution in [2.45, 2.75) is 6.42 Å². The van der Waals surface area contributed by atoms with Crippen LogP contribution in [0.4, 0.5) is 5.82 Å². The zero-order chi connectivity index (χ0) is 13.2. The van der Waals surface area contributed by atoms with Gasteiger partial charge in [0.25, 0.3) is 0 Å². The summed E-state index contributed by atoms with van der Waals surface area (Å²) in [7, 11) is 0. The lowest BCUT2D eigenvalue weighted by atomic mass is 10.1. The summed E-state index contributed by atoms with van der Waals surface area (Å²) < 4.78 is 1.84. The molecule has 0 amide bonds. The first-order valence-corrected chi connectivity index (χ1v) is 6.08. The van der Waals surface area contributed by atoms with Crippen LogP contribution < -0.4 is 5.73 Å². The molecule has 1 aromatic carbocycles. The molecule has 4 nitrogen and oxygen atoms in total. The van der Waals surface area contributed by atoms with Crippen LogP contribution in [0, 0.1) is 0 Å². The highest BCUT2D eigenvalue weighted by Crippen LogP contribution is 2.30. The summed E-state index contributed by atoms with van der Waals surface area (Å²) in [6, 6.07) is 12.2. The van der Waals surface area contributed by atoms with Crippen LogP contribution in [0.25, 0.3) is 16.6 Å². The van der Waals surface area contributed by atoms with E-state index in [2.05, 4.69) is 34.9 Å². The van der Waals surface area contributed by atoms with Gasteiger partial charge in [0, 0.05) is 17.7 Å². The van der Waals surface area contributed by atoms with Crippen molar-refractivity contribution in [3.8, 4) is 11.1 Å². The average molecular weight is 250 g/mol. The van der Waals surface area contributed by atoms with Crippen LogP contribution >= 0.6 is 0 Å². The summed E-state index contributed by atoms with van der Waals surface area (Å²) in [5, 5.41) is 4.28. The Labute approximate surface area is 111 Å². The Morgan fingerprint density at radius 3 is 2.79 bits per heavy atom. The Hall–Kier alpha value is -2.62. The van der Waals surface area contributed by atoms with E-state index in [-0.39, 0.29) is 0 Å². The first kappa shape index (κ1) is 11.5. The lowest BCUT2D eigenvalue weighted by molar-refractivity contribution is 0.857. The third-order valence-corrected chi connectivity index (χ3v) is 3.09. The summed E-state index contributed by atoms with van der Waals surface area (Å²) in [6.07, 6.45) is 4.07. The fraction of sp³-hybridized carbons (Fsp3) is 0.0667. The van der Waals surface area contributed by atoms with Crippen molar-refractivity contribution in [3.63, 3.8) is 0 Å². The Kier molecular flexibility index (Phi) is 2.76. The van der Waals surface area contributed by atoms with E-state index in [1.54, 1.807) is 0 Å². The summed E-state index contributed by atoms with van der Waals surface area (Å²) in [5.41, 5.74) is 10.1. The van der Waals surface area contributed by atoms with Crippen LogP contribution in [0.3, 0.4) is 0 Å². The average Bonchev–Trinajstić information content (AvgIpc) is 2.81. The number of fused-ring (bicyclic) bond motifs is 1. The molecule has 4 heteroatoms. The molecule has 2 heterocycles. The monoisotopic (exact) mass is 250 g/mol. The minimum atomic E-state index is 0.490. The van der Waals surface area contributed by atoms with E-state index >= 15 is 0 Å². The lowest BCUT2D eigenvalue weighted by Gasteiger charge is -2.02. The molecule has 94 valence electrons. The largest absolute Gasteiger partial charge is 0.382 e. The van der Waals surface area contributed by atoms with Crippen molar-refractivity contribution in [1.82, 2.24) is 14.6 Å². The summed E-state index contributed by atoms with van der Waals surface area (Å²) in [6.45, 7) is 3.78. The first-order valence-electron chi connectivity index (χ1n) is 6.08. The highest BCUT2D eigenvalue weighted by Gasteiger charge is 2.13. The topological polar surface area (TPSA) is 56.2 Å². The second-order valence-electron chi connectivity index (χ2n) is 4.31. The SMILES string of the molecule is C=CCc1cc(-c2ccccc2)c2c(N)ncnn12. The van der Waals surface area contributed by atoms with Crippen LogP contribution in [-0.4, -0.2) is 14.6 Å². The van der Waals surface area contributed by atoms with Crippen molar-refractivity contribution < 1.29 is 0 Å². The number of hydrogen-bond acceptors (Lipinski definition) is 3. The predicted molar refractivity (Wildman–Crippen MR) is 76.7 cm³/mol. The third kappa shape index (κ3) is 1.87. The zero-order valence-electron chi connectivity index (χ0n) is 10.5. The van der Waals surface area contributed by atoms with E-state index in [0.717, 1.165) is 28.8 Å². The number of nitrogens with zero attached hydrogens (tertiary/aromatic N) is 3. The van der Waals surface area contributed by atoms with E-state index in [9.17, 15) is 0 Å². The molecule has 3 rings (SSSR count). The van der Waals surface area contributed by atoms with Crippen molar-refractivity contribution >= 4 is 11.3 Å². The maximum Gasteiger partial charge on any atom is 0.151 e. The standard InChI is InChI=1S/C15H14N4/c1-2-6-12-9-13(11-7-4-3-5-8-11)14-15(16)17-10-18-19(12)14/h2-5,7-10H,1,6H2,(H2,16,17,18). The maximum absolute atomic E-state index is 6.01. The number of aromatic nitrogens is 3. The first-order chi connectivity index (χ1) is 9.31. The number of hydrogen-bond donors (Lipinski definition) is 1. The molecule has 0 aliphatic rings. The lowest BCUT2D eigenvalue weighted by Crippen LogP contribution is -2.01. The van der Waals surface area contributed by atoms with Gasteiger partial charge in [-0.1, -0.05) is 36.4 Å². The molecule has 19 heavy (non-hydrogen) atoms. The van der Waals surface area contributed by atoms with E-state index in [4.69, 9.17) is 5.73 Å². The second kappa shape index (κ2) is 4.57. The fourth-order valence-corrected chi connectivity index (χ4v) is 2.26. The molecule has 0 fully saturated rings. The van der Waals surface area contributed by atoms with Crippen molar-refractivity contribution in [2.75, 3.05) is 5.73 Å². The Morgan fingerprint density at radius 2 is 2.05 bits per heavy atom. The van der Waals surface area contributed by atoms with Gasteiger partial charge in [-0.3, -0.25) is 0 Å². The number of nitrogens with two attached hydrogens (primary N) is 1. The van der Waals surface area contributed by atoms with E-state index in [1.165, 1.54) is 6.33 Å². The van der Waals surface area contributed by atoms with Gasteiger partial charge in [-0.25, -0.2) is 9.50 Å². The molecule has 2 aromatic heterocycles. The van der Waals surface area contributed by atoms with Gasteiger partial charge >= 0.3 is 0 Å². The number of benzene rings is 1. The number of anilines is 1. The van der Waals surface area contributed by atoms with Gasteiger partial charge in [0.1, 0.15) is 11.8 Å². The molecule has 0 bridgehead atoms. The van der Waals surface area contributed by atoms with Gasteiger partial charge in [-0.2, -0.15) is 5.10 Å². The second-order valence-corrected chi connectivity index (χ2v) is 4.31. The Morgan fingerprint density at radius 1 is 1.26 bits per heavy atom. The summed E-state index contributed by atoms with van der Waals surface area (Å²) in [5.74, 6) is 0.490. The van der Waals surface area contributed by atoms with E-state index < -0.39 is 0 Å². The molecule has 0 saturated heterocycles. The summed E-state index contributed by atoms with van der Waals surface area (Å²) in [4.78, 5) is 4.09. The van der Waals surface area contributed by atoms with Gasteiger partial charge in [0.05, 0.1) is 0 Å². The van der Waals surface area contributed by atoms with E-state index in [0.29, 0.717) is 5.82 Å². The molecule has 0 aliphatic heterocycles. The number of rotatable bonds is 3. The third-order valence-electron chi connectivity index (χ3n) is 3.09. The van der Waals surface area contributed by atoms with Crippen LogP contribution in [-0.2, 0) is 6.42 Å². The van der Waals surface area contributed by atoms with Crippen LogP contribution in [0.15, 0.2) is 55.4 Å². The van der Waals surface area contributed by atoms with Crippen LogP contribution in [0.5, 0.6) is 0 Å². The van der Waals surface area contributed by atoms with Gasteiger partial charge in [0.2, 0.25) is 0 Å². The highest BCUT2D eigenvalue weighted by atomic mass is 15.3. The molecular weight excluding hydrogens is 236 g/mol. The summed E-state index contributed by atoms with van der Waals surface area (Å²) >= 11 is 0. The minimum absolute atomic E-state index is 0.490. The van der Waals surface area contributed by atoms with Crippen molar-refractivity contribution in [3.05, 3.63) is 61.1 Å². The fourth-order valence-electron chi connectivity index (χ4n) is 2.26. The van der Waals surface area contributed by atoms with Gasteiger partial charge < -0.3 is 5.73 Å². The molecule has 0 unspecified atom stereocenters. The van der Waals surface area contributed by atoms with E-state index in [1.807, 2.05) is 28.8 Å². The number of allylic oxidation sites excluding steroid dienone is 1. The Bertz CT molecular complexity index is 728. The van der Waals surface area contributed by atoms with Gasteiger partial charge in [0.15, 0.2) is 5.82 Å². The molecule has 0 spiro atoms. The molecule has 2 N–H and O–H groups in total. The van der Waals surface area contributed by atoms with Gasteiger partial charge in [-0.15, -0.1) is 6.58 Å². The normalized spacial score (nSPS) is 10.7. The maximum atomic E-state index is 6.01. The van der Waals surface area contributed by atoms with Gasteiger partial charge in [-0.05, 0) is 11.6 Å². The quantitative estimate of drug-likeness (QED) is 0.727.